The van der Waals surface area contributed by atoms with Gasteiger partial charge in [-0.05, 0) is 19.9 Å². The Kier molecular flexibility index (Phi) is 5.88. The van der Waals surface area contributed by atoms with Crippen molar-refractivity contribution >= 4 is 29.1 Å². The third kappa shape index (κ3) is 6.10. The molecule has 72 valence electrons. The van der Waals surface area contributed by atoms with Gasteiger partial charge in [-0.3, -0.25) is 4.79 Å². The van der Waals surface area contributed by atoms with Gasteiger partial charge in [0.2, 0.25) is 5.12 Å². The van der Waals surface area contributed by atoms with Crippen molar-refractivity contribution in [2.45, 2.75) is 19.2 Å². The van der Waals surface area contributed by atoms with Gasteiger partial charge in [-0.1, -0.05) is 18.3 Å². The van der Waals surface area contributed by atoms with Crippen molar-refractivity contribution < 1.29 is 9.59 Å². The molecule has 0 aromatic heterocycles. The van der Waals surface area contributed by atoms with Crippen LogP contribution in [0.3, 0.4) is 0 Å². The Hall–Kier alpha value is -1.10. The molecule has 0 saturated carbocycles. The second-order valence-electron chi connectivity index (χ2n) is 2.12. The van der Waals surface area contributed by atoms with Gasteiger partial charge < -0.3 is 5.32 Å². The first-order chi connectivity index (χ1) is 6.10. The molecule has 0 aliphatic carbocycles. The highest BCUT2D eigenvalue weighted by Crippen LogP contribution is 2.08. The van der Waals surface area contributed by atoms with Gasteiger partial charge in [0.15, 0.2) is 0 Å². The quantitative estimate of drug-likeness (QED) is 0.427. The molecule has 13 heavy (non-hydrogen) atoms. The highest BCUT2D eigenvalue weighted by Gasteiger charge is 2.08. The molecule has 0 radical (unpaired) electrons. The van der Waals surface area contributed by atoms with Gasteiger partial charge in [0, 0.05) is 6.21 Å². The van der Waals surface area contributed by atoms with Gasteiger partial charge in [0.1, 0.15) is 0 Å². The summed E-state index contributed by atoms with van der Waals surface area (Å²) in [5, 5.41) is 2.04. The molecule has 0 rings (SSSR count). The van der Waals surface area contributed by atoms with Gasteiger partial charge in [-0.25, -0.2) is 9.79 Å². The van der Waals surface area contributed by atoms with Crippen LogP contribution in [0.4, 0.5) is 4.79 Å². The maximum atomic E-state index is 10.9. The molecular formula is C8H12N2O2S. The highest BCUT2D eigenvalue weighted by atomic mass is 32.2. The molecule has 0 aromatic carbocycles. The standard InChI is InChI=1S/C8H12N2O2S/c1-4-7(11)13-6(3)10-8(12)9-5-2/h4-6H,1H2,2-3H3,(H,10,12). The lowest BCUT2D eigenvalue weighted by Crippen LogP contribution is -2.28. The number of carbonyl (C=O) groups excluding carboxylic acids is 2. The van der Waals surface area contributed by atoms with Crippen molar-refractivity contribution in [2.24, 2.45) is 4.99 Å². The van der Waals surface area contributed by atoms with Crippen molar-refractivity contribution in [1.29, 1.82) is 0 Å². The molecule has 0 aliphatic rings. The first-order valence-electron chi connectivity index (χ1n) is 3.72. The van der Waals surface area contributed by atoms with E-state index in [2.05, 4.69) is 16.9 Å². The smallest absolute Gasteiger partial charge is 0.324 e. The van der Waals surface area contributed by atoms with Crippen molar-refractivity contribution in [2.75, 3.05) is 0 Å². The number of amides is 2. The van der Waals surface area contributed by atoms with Crippen LogP contribution in [0, 0.1) is 0 Å². The number of carbonyl (C=O) groups is 2. The molecule has 1 N–H and O–H groups in total. The second-order valence-corrected chi connectivity index (χ2v) is 3.47. The number of urea groups is 1. The average Bonchev–Trinajstić information content (AvgIpc) is 2.04. The van der Waals surface area contributed by atoms with E-state index in [-0.39, 0.29) is 10.5 Å². The van der Waals surface area contributed by atoms with E-state index >= 15 is 0 Å². The Labute approximate surface area is 81.5 Å². The third-order valence-corrected chi connectivity index (χ3v) is 1.90. The Morgan fingerprint density at radius 2 is 2.23 bits per heavy atom. The van der Waals surface area contributed by atoms with E-state index < -0.39 is 6.03 Å². The molecule has 0 saturated heterocycles. The molecule has 0 aliphatic heterocycles. The minimum Gasteiger partial charge on any atom is -0.324 e. The van der Waals surface area contributed by atoms with Crippen molar-refractivity contribution in [3.05, 3.63) is 12.7 Å². The first kappa shape index (κ1) is 11.9. The van der Waals surface area contributed by atoms with Crippen LogP contribution in [0.2, 0.25) is 0 Å². The van der Waals surface area contributed by atoms with Crippen molar-refractivity contribution in [1.82, 2.24) is 5.32 Å². The van der Waals surface area contributed by atoms with Crippen molar-refractivity contribution in [3.63, 3.8) is 0 Å². The van der Waals surface area contributed by atoms with E-state index in [9.17, 15) is 9.59 Å². The number of nitrogens with one attached hydrogen (secondary N) is 1. The van der Waals surface area contributed by atoms with Crippen LogP contribution in [0.15, 0.2) is 17.6 Å². The summed E-state index contributed by atoms with van der Waals surface area (Å²) in [5.41, 5.74) is 0. The van der Waals surface area contributed by atoms with Crippen molar-refractivity contribution in [3.8, 4) is 0 Å². The number of nitrogens with zero attached hydrogens (tertiary/aromatic N) is 1. The van der Waals surface area contributed by atoms with E-state index in [1.807, 2.05) is 0 Å². The SMILES string of the molecule is C=CC(=O)SC(C)NC(=O)N=CC. The molecular weight excluding hydrogens is 188 g/mol. The minimum atomic E-state index is -0.445. The Bertz CT molecular complexity index is 238. The first-order valence-corrected chi connectivity index (χ1v) is 4.60. The summed E-state index contributed by atoms with van der Waals surface area (Å²) in [6.45, 7) is 6.67. The minimum absolute atomic E-state index is 0.173. The lowest BCUT2D eigenvalue weighted by atomic mass is 10.7. The van der Waals surface area contributed by atoms with Crippen LogP contribution < -0.4 is 5.32 Å². The molecule has 0 heterocycles. The number of hydrogen-bond donors (Lipinski definition) is 1. The molecule has 0 fully saturated rings. The van der Waals surface area contributed by atoms with Crippen LogP contribution in [0.1, 0.15) is 13.8 Å². The maximum absolute atomic E-state index is 10.9. The lowest BCUT2D eigenvalue weighted by Gasteiger charge is -2.08. The Morgan fingerprint density at radius 1 is 1.62 bits per heavy atom. The largest absolute Gasteiger partial charge is 0.341 e. The van der Waals surface area contributed by atoms with Crippen LogP contribution in [0.25, 0.3) is 0 Å². The summed E-state index contributed by atoms with van der Waals surface area (Å²) >= 11 is 0.991. The fourth-order valence-corrected chi connectivity index (χ4v) is 1.18. The summed E-state index contributed by atoms with van der Waals surface area (Å²) in [5.74, 6) is 0. The fourth-order valence-electron chi connectivity index (χ4n) is 0.580. The molecule has 0 bridgehead atoms. The average molecular weight is 200 g/mol. The van der Waals surface area contributed by atoms with E-state index in [4.69, 9.17) is 0 Å². The van der Waals surface area contributed by atoms with Crippen LogP contribution in [-0.2, 0) is 4.79 Å². The van der Waals surface area contributed by atoms with Gasteiger partial charge in [-0.15, -0.1) is 0 Å². The van der Waals surface area contributed by atoms with E-state index in [1.165, 1.54) is 12.3 Å². The van der Waals surface area contributed by atoms with Crippen LogP contribution >= 0.6 is 11.8 Å². The lowest BCUT2D eigenvalue weighted by molar-refractivity contribution is -0.107. The molecule has 2 amide bonds. The summed E-state index contributed by atoms with van der Waals surface area (Å²) < 4.78 is 0. The number of hydrogen-bond acceptors (Lipinski definition) is 3. The second kappa shape index (κ2) is 6.42. The highest BCUT2D eigenvalue weighted by molar-refractivity contribution is 8.14. The normalized spacial score (nSPS) is 12.5. The summed E-state index contributed by atoms with van der Waals surface area (Å²) in [7, 11) is 0. The topological polar surface area (TPSA) is 58.5 Å². The van der Waals surface area contributed by atoms with E-state index in [0.717, 1.165) is 11.8 Å². The molecule has 1 atom stereocenters. The van der Waals surface area contributed by atoms with E-state index in [0.29, 0.717) is 0 Å². The molecule has 0 aromatic rings. The predicted molar refractivity (Wildman–Crippen MR) is 55.0 cm³/mol. The zero-order chi connectivity index (χ0) is 10.3. The molecule has 5 heteroatoms. The number of rotatable bonds is 3. The molecule has 1 unspecified atom stereocenters. The van der Waals surface area contributed by atoms with E-state index in [1.54, 1.807) is 13.8 Å². The third-order valence-electron chi connectivity index (χ3n) is 1.03. The summed E-state index contributed by atoms with van der Waals surface area (Å²) in [4.78, 5) is 25.2. The van der Waals surface area contributed by atoms with Crippen LogP contribution in [0.5, 0.6) is 0 Å². The maximum Gasteiger partial charge on any atom is 0.341 e. The molecule has 0 spiro atoms. The number of thioether (sulfide) groups is 1. The monoisotopic (exact) mass is 200 g/mol. The van der Waals surface area contributed by atoms with Gasteiger partial charge in [0.05, 0.1) is 5.37 Å². The Balaban J connectivity index is 3.86. The fraction of sp³-hybridized carbons (Fsp3) is 0.375. The zero-order valence-electron chi connectivity index (χ0n) is 7.61. The Morgan fingerprint density at radius 3 is 2.69 bits per heavy atom. The summed E-state index contributed by atoms with van der Waals surface area (Å²) in [6, 6.07) is -0.445. The number of aliphatic imine (C=N–C) groups is 1. The van der Waals surface area contributed by atoms with Crippen LogP contribution in [-0.4, -0.2) is 22.7 Å². The van der Waals surface area contributed by atoms with Gasteiger partial charge >= 0.3 is 6.03 Å². The predicted octanol–water partition coefficient (Wildman–Crippen LogP) is 1.58. The zero-order valence-corrected chi connectivity index (χ0v) is 8.43. The van der Waals surface area contributed by atoms with Gasteiger partial charge in [-0.2, -0.15) is 0 Å². The van der Waals surface area contributed by atoms with Gasteiger partial charge in [0.25, 0.3) is 0 Å². The molecule has 4 nitrogen and oxygen atoms in total. The summed E-state index contributed by atoms with van der Waals surface area (Å²) in [6.07, 6.45) is 2.60.